The molecule has 0 heterocycles. The number of rotatable bonds is 25. The molecule has 5 rings (SSSR count). The van der Waals surface area contributed by atoms with E-state index < -0.39 is 11.9 Å². The summed E-state index contributed by atoms with van der Waals surface area (Å²) in [6.07, 6.45) is 19.9. The van der Waals surface area contributed by atoms with Gasteiger partial charge in [-0.25, -0.2) is 28.8 Å². The third-order valence-corrected chi connectivity index (χ3v) is 11.8. The van der Waals surface area contributed by atoms with Crippen molar-refractivity contribution in [2.75, 3.05) is 52.9 Å². The molecule has 4 unspecified atom stereocenters. The van der Waals surface area contributed by atoms with E-state index in [-0.39, 0.29) is 55.7 Å². The van der Waals surface area contributed by atoms with E-state index >= 15 is 0 Å². The van der Waals surface area contributed by atoms with Gasteiger partial charge in [-0.05, 0) is 131 Å². The van der Waals surface area contributed by atoms with Gasteiger partial charge in [-0.1, -0.05) is 84.0 Å². The topological polar surface area (TPSA) is 176 Å². The fraction of sp³-hybridized carbons (Fsp3) is 0.474. The van der Waals surface area contributed by atoms with Gasteiger partial charge in [0.15, 0.2) is 0 Å². The molecule has 2 bridgehead atoms. The van der Waals surface area contributed by atoms with Crippen LogP contribution >= 0.6 is 0 Å². The maximum atomic E-state index is 11.0. The van der Waals surface area contributed by atoms with Crippen LogP contribution in [0.3, 0.4) is 0 Å². The lowest BCUT2D eigenvalue weighted by Crippen LogP contribution is -2.19. The van der Waals surface area contributed by atoms with Crippen molar-refractivity contribution < 1.29 is 66.7 Å². The predicted octanol–water partition coefficient (Wildman–Crippen LogP) is 10.5. The molecule has 4 atom stereocenters. The maximum Gasteiger partial charge on any atom is 0.330 e. The van der Waals surface area contributed by atoms with Gasteiger partial charge in [0.25, 0.3) is 0 Å². The lowest BCUT2D eigenvalue weighted by atomic mass is 9.78. The average Bonchev–Trinajstić information content (AvgIpc) is 4.16. The summed E-state index contributed by atoms with van der Waals surface area (Å²) in [5, 5.41) is 0. The highest BCUT2D eigenvalue weighted by atomic mass is 16.6. The maximum absolute atomic E-state index is 11.0. The summed E-state index contributed by atoms with van der Waals surface area (Å²) in [6, 6.07) is 15.7. The van der Waals surface area contributed by atoms with E-state index in [9.17, 15) is 28.8 Å². The third kappa shape index (κ3) is 26.2. The molecule has 0 radical (unpaired) electrons. The molecule has 3 saturated carbocycles. The highest BCUT2D eigenvalue weighted by Crippen LogP contribution is 2.58. The molecule has 14 nitrogen and oxygen atoms in total. The Bertz CT molecular complexity index is 1830. The van der Waals surface area contributed by atoms with Crippen molar-refractivity contribution in [1.29, 1.82) is 0 Å². The molecule has 3 aliphatic carbocycles. The number of esters is 6. The standard InChI is InChI=1S/C25H28O6.C12H18O4.C10H16.2C5H8O2/c1-5-23(26)30-17-15-28-21-11-7-19(8-12-21)25(3,4)20-9-13-22(14-10-20)29-16-18-31-24(27)6-2;1-3-11(13)15-9-7-5-6-8-10-16-12(14)4-2;1-2-9-7-4-5-8(6-7)10(9)3-1;2*1-3-5(6)7-4-2/h5-14H,1-2,15-18H2,3-4H3;3-4H,1-2,5-10H2;7-10H,1-6H2;2*3H,1,4H2,2H3. The first-order chi connectivity index (χ1) is 34.1. The van der Waals surface area contributed by atoms with Crippen LogP contribution in [0.4, 0.5) is 0 Å². The van der Waals surface area contributed by atoms with Crippen LogP contribution in [0.15, 0.2) is 124 Å². The van der Waals surface area contributed by atoms with Gasteiger partial charge in [-0.3, -0.25) is 0 Å². The Morgan fingerprint density at radius 1 is 0.451 bits per heavy atom. The first-order valence-corrected chi connectivity index (χ1v) is 24.4. The molecule has 2 aromatic carbocycles. The Morgan fingerprint density at radius 2 is 0.761 bits per heavy atom. The number of carbonyl (C=O) groups excluding carboxylic acids is 6. The Labute approximate surface area is 422 Å². The number of fused-ring (bicyclic) bond motifs is 5. The quantitative estimate of drug-likeness (QED) is 0.0397. The second-order valence-corrected chi connectivity index (χ2v) is 16.8. The van der Waals surface area contributed by atoms with Gasteiger partial charge in [0, 0.05) is 41.9 Å². The summed E-state index contributed by atoms with van der Waals surface area (Å²) >= 11 is 0. The molecular weight excluding hydrogens is 909 g/mol. The zero-order valence-electron chi connectivity index (χ0n) is 42.6. The average molecular weight is 987 g/mol. The normalized spacial score (nSPS) is 16.3. The molecule has 2 aromatic rings. The van der Waals surface area contributed by atoms with Crippen molar-refractivity contribution in [1.82, 2.24) is 0 Å². The van der Waals surface area contributed by atoms with E-state index in [1.165, 1.54) is 23.7 Å². The van der Waals surface area contributed by atoms with Crippen molar-refractivity contribution in [3.8, 4) is 11.5 Å². The number of hydrogen-bond acceptors (Lipinski definition) is 14. The Kier molecular flexibility index (Phi) is 32.6. The smallest absolute Gasteiger partial charge is 0.330 e. The second-order valence-electron chi connectivity index (χ2n) is 16.8. The van der Waals surface area contributed by atoms with Crippen LogP contribution in [0, 0.1) is 23.7 Å². The van der Waals surface area contributed by atoms with E-state index in [1.807, 2.05) is 48.5 Å². The molecular formula is C57H78O14. The molecule has 71 heavy (non-hydrogen) atoms. The molecule has 0 amide bonds. The summed E-state index contributed by atoms with van der Waals surface area (Å²) in [4.78, 5) is 63.5. The molecule has 3 aliphatic rings. The van der Waals surface area contributed by atoms with E-state index in [2.05, 4.69) is 62.8 Å². The van der Waals surface area contributed by atoms with Crippen molar-refractivity contribution >= 4 is 35.8 Å². The monoisotopic (exact) mass is 987 g/mol. The van der Waals surface area contributed by atoms with Crippen LogP contribution in [0.25, 0.3) is 0 Å². The van der Waals surface area contributed by atoms with Crippen LogP contribution in [0.1, 0.15) is 103 Å². The van der Waals surface area contributed by atoms with Gasteiger partial charge in [0.2, 0.25) is 0 Å². The molecule has 0 spiro atoms. The minimum atomic E-state index is -0.465. The fourth-order valence-electron chi connectivity index (χ4n) is 8.27. The lowest BCUT2D eigenvalue weighted by Gasteiger charge is -2.26. The van der Waals surface area contributed by atoms with E-state index in [4.69, 9.17) is 28.4 Å². The minimum Gasteiger partial charge on any atom is -0.490 e. The van der Waals surface area contributed by atoms with Crippen LogP contribution in [-0.4, -0.2) is 88.7 Å². The Morgan fingerprint density at radius 3 is 1.06 bits per heavy atom. The minimum absolute atomic E-state index is 0.170. The van der Waals surface area contributed by atoms with Crippen molar-refractivity contribution in [3.63, 3.8) is 0 Å². The molecule has 0 aliphatic heterocycles. The highest BCUT2D eigenvalue weighted by Gasteiger charge is 2.48. The van der Waals surface area contributed by atoms with Gasteiger partial charge in [-0.15, -0.1) is 0 Å². The first-order valence-electron chi connectivity index (χ1n) is 24.4. The summed E-state index contributed by atoms with van der Waals surface area (Å²) in [5.41, 5.74) is 2.03. The van der Waals surface area contributed by atoms with Gasteiger partial charge < -0.3 is 37.9 Å². The molecule has 0 saturated heterocycles. The SMILES string of the molecule is C1CC2C3CCC(C3)C2C1.C=CC(=O)OCC.C=CC(=O)OCC.C=CC(=O)OCCCCCCOC(=O)C=C.C=CC(=O)OCCOc1ccc(C(C)(C)c2ccc(OCCOC(=O)C=C)cc2)cc1. The Hall–Kier alpha value is -6.70. The zero-order chi connectivity index (χ0) is 52.9. The largest absolute Gasteiger partial charge is 0.490 e. The van der Waals surface area contributed by atoms with E-state index in [0.717, 1.165) is 73.3 Å². The second kappa shape index (κ2) is 37.2. The Balaban J connectivity index is 0.000000517. The first kappa shape index (κ1) is 62.3. The van der Waals surface area contributed by atoms with Crippen LogP contribution < -0.4 is 9.47 Å². The summed E-state index contributed by atoms with van der Waals surface area (Å²) in [7, 11) is 0. The molecule has 0 N–H and O–H groups in total. The van der Waals surface area contributed by atoms with Gasteiger partial charge in [0.05, 0.1) is 26.4 Å². The fourth-order valence-corrected chi connectivity index (χ4v) is 8.27. The summed E-state index contributed by atoms with van der Waals surface area (Å²) in [5.74, 6) is 3.78. The number of benzene rings is 2. The van der Waals surface area contributed by atoms with E-state index in [0.29, 0.717) is 37.9 Å². The van der Waals surface area contributed by atoms with Crippen molar-refractivity contribution in [2.24, 2.45) is 23.7 Å². The van der Waals surface area contributed by atoms with Gasteiger partial charge >= 0.3 is 35.8 Å². The van der Waals surface area contributed by atoms with Crippen molar-refractivity contribution in [3.05, 3.63) is 136 Å². The summed E-state index contributed by atoms with van der Waals surface area (Å²) < 4.78 is 39.4. The molecule has 14 heteroatoms. The number of carbonyl (C=O) groups is 6. The molecule has 3 fully saturated rings. The lowest BCUT2D eigenvalue weighted by molar-refractivity contribution is -0.139. The molecule has 0 aromatic heterocycles. The van der Waals surface area contributed by atoms with Gasteiger partial charge in [-0.2, -0.15) is 0 Å². The highest BCUT2D eigenvalue weighted by molar-refractivity contribution is 5.82. The zero-order valence-corrected chi connectivity index (χ0v) is 42.6. The molecule has 390 valence electrons. The number of unbranched alkanes of at least 4 members (excludes halogenated alkanes) is 3. The van der Waals surface area contributed by atoms with Crippen LogP contribution in [-0.2, 0) is 62.6 Å². The summed E-state index contributed by atoms with van der Waals surface area (Å²) in [6.45, 7) is 30.0. The predicted molar refractivity (Wildman–Crippen MR) is 274 cm³/mol. The van der Waals surface area contributed by atoms with E-state index in [1.54, 1.807) is 52.4 Å². The third-order valence-electron chi connectivity index (χ3n) is 11.8. The number of hydrogen-bond donors (Lipinski definition) is 0. The van der Waals surface area contributed by atoms with Crippen LogP contribution in [0.2, 0.25) is 0 Å². The number of ether oxygens (including phenoxy) is 8. The van der Waals surface area contributed by atoms with Crippen molar-refractivity contribution in [2.45, 2.75) is 97.3 Å². The van der Waals surface area contributed by atoms with Crippen LogP contribution in [0.5, 0.6) is 11.5 Å². The van der Waals surface area contributed by atoms with Gasteiger partial charge in [0.1, 0.15) is 37.9 Å².